The van der Waals surface area contributed by atoms with Crippen molar-refractivity contribution < 1.29 is 8.78 Å². The Kier molecular flexibility index (Phi) is 6.34. The molecular weight excluding hydrogens is 248 g/mol. The second-order valence-corrected chi connectivity index (χ2v) is 5.19. The van der Waals surface area contributed by atoms with Gasteiger partial charge in [-0.1, -0.05) is 6.07 Å². The molecule has 0 aliphatic carbocycles. The third kappa shape index (κ3) is 5.63. The molecule has 0 spiro atoms. The summed E-state index contributed by atoms with van der Waals surface area (Å²) in [7, 11) is 6.01. The molecular formula is C14H23F2N3. The van der Waals surface area contributed by atoms with Gasteiger partial charge in [0.2, 0.25) is 0 Å². The molecule has 0 saturated carbocycles. The molecule has 19 heavy (non-hydrogen) atoms. The molecule has 0 aromatic heterocycles. The summed E-state index contributed by atoms with van der Waals surface area (Å²) in [5, 5.41) is 0. The van der Waals surface area contributed by atoms with Gasteiger partial charge in [0.25, 0.3) is 0 Å². The summed E-state index contributed by atoms with van der Waals surface area (Å²) >= 11 is 0. The lowest BCUT2D eigenvalue weighted by atomic mass is 10.1. The maximum Gasteiger partial charge on any atom is 0.130 e. The lowest BCUT2D eigenvalue weighted by Gasteiger charge is -2.22. The lowest BCUT2D eigenvalue weighted by Crippen LogP contribution is -2.31. The van der Waals surface area contributed by atoms with E-state index in [4.69, 9.17) is 5.73 Å². The van der Waals surface area contributed by atoms with E-state index < -0.39 is 17.7 Å². The van der Waals surface area contributed by atoms with Gasteiger partial charge in [-0.2, -0.15) is 0 Å². The Bertz CT molecular complexity index is 396. The minimum atomic E-state index is -0.576. The van der Waals surface area contributed by atoms with Gasteiger partial charge in [0.05, 0.1) is 0 Å². The van der Waals surface area contributed by atoms with Crippen LogP contribution in [0.25, 0.3) is 0 Å². The van der Waals surface area contributed by atoms with Gasteiger partial charge in [-0.25, -0.2) is 8.78 Å². The van der Waals surface area contributed by atoms with Crippen LogP contribution in [0.3, 0.4) is 0 Å². The van der Waals surface area contributed by atoms with Crippen LogP contribution in [0.1, 0.15) is 18.0 Å². The Hall–Kier alpha value is -1.04. The standard InChI is InChI=1S/C14H23F2N3/c1-18(2)7-4-8-19(3)10-14(17)12-6-5-11(15)9-13(12)16/h5-6,9,14H,4,7-8,10,17H2,1-3H3. The summed E-state index contributed by atoms with van der Waals surface area (Å²) in [6, 6.07) is 3.10. The first kappa shape index (κ1) is 16.0. The number of likely N-dealkylation sites (N-methyl/N-ethyl adjacent to an activating group) is 1. The number of nitrogens with zero attached hydrogens (tertiary/aromatic N) is 2. The Morgan fingerprint density at radius 2 is 1.84 bits per heavy atom. The third-order valence-corrected chi connectivity index (χ3v) is 3.02. The molecule has 0 saturated heterocycles. The maximum absolute atomic E-state index is 13.6. The first-order chi connectivity index (χ1) is 8.90. The van der Waals surface area contributed by atoms with Crippen LogP contribution < -0.4 is 5.73 Å². The van der Waals surface area contributed by atoms with Crippen LogP contribution in [0.2, 0.25) is 0 Å². The zero-order valence-corrected chi connectivity index (χ0v) is 11.9. The van der Waals surface area contributed by atoms with E-state index >= 15 is 0 Å². The molecule has 1 aromatic rings. The molecule has 0 amide bonds. The van der Waals surface area contributed by atoms with Crippen LogP contribution in [-0.4, -0.2) is 50.6 Å². The predicted octanol–water partition coefficient (Wildman–Crippen LogP) is 1.85. The maximum atomic E-state index is 13.6. The topological polar surface area (TPSA) is 32.5 Å². The van der Waals surface area contributed by atoms with Crippen molar-refractivity contribution in [2.45, 2.75) is 12.5 Å². The summed E-state index contributed by atoms with van der Waals surface area (Å²) in [4.78, 5) is 4.18. The van der Waals surface area contributed by atoms with Gasteiger partial charge in [-0.05, 0) is 46.7 Å². The largest absolute Gasteiger partial charge is 0.323 e. The number of hydrogen-bond donors (Lipinski definition) is 1. The molecule has 1 atom stereocenters. The van der Waals surface area contributed by atoms with E-state index in [1.54, 1.807) is 0 Å². The fourth-order valence-electron chi connectivity index (χ4n) is 1.98. The lowest BCUT2D eigenvalue weighted by molar-refractivity contribution is 0.284. The highest BCUT2D eigenvalue weighted by Gasteiger charge is 2.14. The van der Waals surface area contributed by atoms with Gasteiger partial charge in [0.1, 0.15) is 11.6 Å². The molecule has 108 valence electrons. The van der Waals surface area contributed by atoms with Crippen molar-refractivity contribution in [2.24, 2.45) is 5.73 Å². The molecule has 3 nitrogen and oxygen atoms in total. The SMILES string of the molecule is CN(C)CCCN(C)CC(N)c1ccc(F)cc1F. The molecule has 0 bridgehead atoms. The van der Waals surface area contributed by atoms with Gasteiger partial charge in [-0.3, -0.25) is 0 Å². The smallest absolute Gasteiger partial charge is 0.130 e. The van der Waals surface area contributed by atoms with E-state index in [1.807, 2.05) is 21.1 Å². The fourth-order valence-corrected chi connectivity index (χ4v) is 1.98. The van der Waals surface area contributed by atoms with Gasteiger partial charge in [-0.15, -0.1) is 0 Å². The van der Waals surface area contributed by atoms with Crippen LogP contribution in [0, 0.1) is 11.6 Å². The molecule has 1 rings (SSSR count). The molecule has 5 heteroatoms. The van der Waals surface area contributed by atoms with Crippen LogP contribution >= 0.6 is 0 Å². The van der Waals surface area contributed by atoms with Gasteiger partial charge in [0.15, 0.2) is 0 Å². The monoisotopic (exact) mass is 271 g/mol. The van der Waals surface area contributed by atoms with Crippen molar-refractivity contribution in [3.8, 4) is 0 Å². The number of benzene rings is 1. The Morgan fingerprint density at radius 1 is 1.16 bits per heavy atom. The van der Waals surface area contributed by atoms with E-state index in [-0.39, 0.29) is 0 Å². The Balaban J connectivity index is 2.47. The Labute approximate surface area is 114 Å². The zero-order chi connectivity index (χ0) is 14.4. The number of halogens is 2. The normalized spacial score (nSPS) is 13.3. The number of hydrogen-bond acceptors (Lipinski definition) is 3. The van der Waals surface area contributed by atoms with Crippen molar-refractivity contribution in [3.05, 3.63) is 35.4 Å². The highest BCUT2D eigenvalue weighted by molar-refractivity contribution is 5.22. The van der Waals surface area contributed by atoms with Gasteiger partial charge >= 0.3 is 0 Å². The average molecular weight is 271 g/mol. The molecule has 0 heterocycles. The third-order valence-electron chi connectivity index (χ3n) is 3.02. The second kappa shape index (κ2) is 7.53. The molecule has 2 N–H and O–H groups in total. The Morgan fingerprint density at radius 3 is 2.42 bits per heavy atom. The van der Waals surface area contributed by atoms with E-state index in [0.717, 1.165) is 25.6 Å². The van der Waals surface area contributed by atoms with Crippen LogP contribution in [-0.2, 0) is 0 Å². The quantitative estimate of drug-likeness (QED) is 0.821. The highest BCUT2D eigenvalue weighted by Crippen LogP contribution is 2.17. The summed E-state index contributed by atoms with van der Waals surface area (Å²) < 4.78 is 26.4. The molecule has 1 aromatic carbocycles. The van der Waals surface area contributed by atoms with Gasteiger partial charge in [0, 0.05) is 24.2 Å². The van der Waals surface area contributed by atoms with Crippen LogP contribution in [0.15, 0.2) is 18.2 Å². The molecule has 0 fully saturated rings. The first-order valence-electron chi connectivity index (χ1n) is 6.44. The van der Waals surface area contributed by atoms with Crippen LogP contribution in [0.4, 0.5) is 8.78 Å². The van der Waals surface area contributed by atoms with E-state index in [2.05, 4.69) is 9.80 Å². The van der Waals surface area contributed by atoms with E-state index in [1.165, 1.54) is 12.1 Å². The summed E-state index contributed by atoms with van der Waals surface area (Å²) in [5.74, 6) is -1.15. The molecule has 0 aliphatic rings. The molecule has 1 unspecified atom stereocenters. The second-order valence-electron chi connectivity index (χ2n) is 5.19. The minimum absolute atomic E-state index is 0.362. The zero-order valence-electron chi connectivity index (χ0n) is 11.9. The van der Waals surface area contributed by atoms with E-state index in [0.29, 0.717) is 12.1 Å². The number of nitrogens with two attached hydrogens (primary N) is 1. The predicted molar refractivity (Wildman–Crippen MR) is 74.0 cm³/mol. The highest BCUT2D eigenvalue weighted by atomic mass is 19.1. The minimum Gasteiger partial charge on any atom is -0.323 e. The summed E-state index contributed by atoms with van der Waals surface area (Å²) in [5.41, 5.74) is 6.33. The fraction of sp³-hybridized carbons (Fsp3) is 0.571. The van der Waals surface area contributed by atoms with Crippen LogP contribution in [0.5, 0.6) is 0 Å². The van der Waals surface area contributed by atoms with Crippen molar-refractivity contribution >= 4 is 0 Å². The van der Waals surface area contributed by atoms with Crippen molar-refractivity contribution in [3.63, 3.8) is 0 Å². The molecule has 0 radical (unpaired) electrons. The average Bonchev–Trinajstić information content (AvgIpc) is 2.27. The van der Waals surface area contributed by atoms with E-state index in [9.17, 15) is 8.78 Å². The first-order valence-corrected chi connectivity index (χ1v) is 6.44. The van der Waals surface area contributed by atoms with Crippen molar-refractivity contribution in [1.82, 2.24) is 9.80 Å². The van der Waals surface area contributed by atoms with Crippen molar-refractivity contribution in [2.75, 3.05) is 40.8 Å². The van der Waals surface area contributed by atoms with Gasteiger partial charge < -0.3 is 15.5 Å². The summed E-state index contributed by atoms with van der Waals surface area (Å²) in [6.45, 7) is 2.45. The molecule has 0 aliphatic heterocycles. The number of rotatable bonds is 7. The summed E-state index contributed by atoms with van der Waals surface area (Å²) in [6.07, 6.45) is 1.03. The van der Waals surface area contributed by atoms with Crippen molar-refractivity contribution in [1.29, 1.82) is 0 Å².